The number of rotatable bonds is 3. The van der Waals surface area contributed by atoms with Gasteiger partial charge in [-0.1, -0.05) is 42.0 Å². The van der Waals surface area contributed by atoms with Gasteiger partial charge < -0.3 is 0 Å². The summed E-state index contributed by atoms with van der Waals surface area (Å²) in [6.45, 7) is 1.98. The zero-order valence-electron chi connectivity index (χ0n) is 10.9. The largest absolute Gasteiger partial charge is 0.416 e. The third kappa shape index (κ3) is 3.76. The molecule has 0 amide bonds. The topological polar surface area (TPSA) is 0 Å². The molecule has 2 rings (SSSR count). The molecule has 2 aromatic rings. The lowest BCUT2D eigenvalue weighted by Crippen LogP contribution is -2.05. The third-order valence-corrected chi connectivity index (χ3v) is 3.51. The Bertz CT molecular complexity index is 573. The Morgan fingerprint density at radius 2 is 1.70 bits per heavy atom. The number of hydrogen-bond donors (Lipinski definition) is 0. The van der Waals surface area contributed by atoms with Crippen LogP contribution in [-0.4, -0.2) is 0 Å². The van der Waals surface area contributed by atoms with Gasteiger partial charge in [0, 0.05) is 0 Å². The van der Waals surface area contributed by atoms with E-state index in [2.05, 4.69) is 0 Å². The molecule has 0 saturated heterocycles. The van der Waals surface area contributed by atoms with Crippen molar-refractivity contribution in [1.82, 2.24) is 0 Å². The fourth-order valence-corrected chi connectivity index (χ4v) is 2.33. The summed E-state index contributed by atoms with van der Waals surface area (Å²) >= 11 is 6.32. The average molecular weight is 299 g/mol. The summed E-state index contributed by atoms with van der Waals surface area (Å²) < 4.78 is 37.4. The molecule has 1 unspecified atom stereocenters. The standard InChI is InChI=1S/C16H14ClF3/c1-11-3-2-4-13(9-11)15(17)10-12-5-7-14(8-6-12)16(18,19)20/h2-9,15H,10H2,1H3. The van der Waals surface area contributed by atoms with Crippen molar-refractivity contribution in [3.05, 3.63) is 70.8 Å². The zero-order chi connectivity index (χ0) is 14.8. The Labute approximate surface area is 121 Å². The SMILES string of the molecule is Cc1cccc(C(Cl)Cc2ccc(C(F)(F)F)cc2)c1. The molecule has 0 aliphatic carbocycles. The van der Waals surface area contributed by atoms with Crippen molar-refractivity contribution < 1.29 is 13.2 Å². The normalized spacial score (nSPS) is 13.2. The second kappa shape index (κ2) is 5.88. The van der Waals surface area contributed by atoms with Crippen molar-refractivity contribution in [2.75, 3.05) is 0 Å². The van der Waals surface area contributed by atoms with Crippen LogP contribution in [0.3, 0.4) is 0 Å². The van der Waals surface area contributed by atoms with Gasteiger partial charge in [-0.05, 0) is 36.6 Å². The second-order valence-electron chi connectivity index (χ2n) is 4.78. The Kier molecular flexibility index (Phi) is 4.39. The number of halogens is 4. The van der Waals surface area contributed by atoms with E-state index in [1.165, 1.54) is 12.1 Å². The first-order valence-electron chi connectivity index (χ1n) is 6.23. The van der Waals surface area contributed by atoms with Gasteiger partial charge in [-0.3, -0.25) is 0 Å². The van der Waals surface area contributed by atoms with Crippen molar-refractivity contribution in [2.45, 2.75) is 24.9 Å². The maximum Gasteiger partial charge on any atom is 0.416 e. The molecule has 0 bridgehead atoms. The molecule has 0 spiro atoms. The van der Waals surface area contributed by atoms with Crippen molar-refractivity contribution >= 4 is 11.6 Å². The summed E-state index contributed by atoms with van der Waals surface area (Å²) in [5.74, 6) is 0. The van der Waals surface area contributed by atoms with Crippen LogP contribution < -0.4 is 0 Å². The Hall–Kier alpha value is -1.48. The number of hydrogen-bond acceptors (Lipinski definition) is 0. The molecule has 4 heteroatoms. The molecule has 2 aromatic carbocycles. The minimum Gasteiger partial charge on any atom is -0.166 e. The summed E-state index contributed by atoms with van der Waals surface area (Å²) in [5.41, 5.74) is 2.24. The lowest BCUT2D eigenvalue weighted by molar-refractivity contribution is -0.137. The van der Waals surface area contributed by atoms with Gasteiger partial charge in [0.15, 0.2) is 0 Å². The van der Waals surface area contributed by atoms with E-state index in [0.29, 0.717) is 6.42 Å². The summed E-state index contributed by atoms with van der Waals surface area (Å²) in [5, 5.41) is -0.244. The van der Waals surface area contributed by atoms with Gasteiger partial charge in [0.2, 0.25) is 0 Å². The molecule has 106 valence electrons. The van der Waals surface area contributed by atoms with Crippen molar-refractivity contribution in [3.63, 3.8) is 0 Å². The number of aryl methyl sites for hydroxylation is 1. The molecule has 0 N–H and O–H groups in total. The molecule has 0 aliphatic heterocycles. The molecule has 20 heavy (non-hydrogen) atoms. The molecule has 0 fully saturated rings. The first kappa shape index (κ1) is 14.9. The number of benzene rings is 2. The first-order chi connectivity index (χ1) is 9.36. The first-order valence-corrected chi connectivity index (χ1v) is 6.66. The maximum atomic E-state index is 12.5. The Morgan fingerprint density at radius 1 is 1.05 bits per heavy atom. The van der Waals surface area contributed by atoms with E-state index in [1.807, 2.05) is 31.2 Å². The summed E-state index contributed by atoms with van der Waals surface area (Å²) in [6.07, 6.45) is -3.79. The van der Waals surface area contributed by atoms with Gasteiger partial charge in [-0.2, -0.15) is 13.2 Å². The minimum absolute atomic E-state index is 0.244. The smallest absolute Gasteiger partial charge is 0.166 e. The number of alkyl halides is 4. The van der Waals surface area contributed by atoms with E-state index in [1.54, 1.807) is 0 Å². The summed E-state index contributed by atoms with van der Waals surface area (Å²) in [4.78, 5) is 0. The fourth-order valence-electron chi connectivity index (χ4n) is 2.02. The van der Waals surface area contributed by atoms with Crippen LogP contribution in [0, 0.1) is 6.92 Å². The minimum atomic E-state index is -4.30. The highest BCUT2D eigenvalue weighted by Gasteiger charge is 2.29. The van der Waals surface area contributed by atoms with E-state index in [9.17, 15) is 13.2 Å². The molecule has 1 atom stereocenters. The van der Waals surface area contributed by atoms with E-state index in [4.69, 9.17) is 11.6 Å². The van der Waals surface area contributed by atoms with Gasteiger partial charge in [0.05, 0.1) is 10.9 Å². The van der Waals surface area contributed by atoms with Gasteiger partial charge >= 0.3 is 6.18 Å². The van der Waals surface area contributed by atoms with Crippen LogP contribution >= 0.6 is 11.6 Å². The average Bonchev–Trinajstić information content (AvgIpc) is 2.38. The van der Waals surface area contributed by atoms with Crippen molar-refractivity contribution in [3.8, 4) is 0 Å². The molecule has 0 saturated carbocycles. The van der Waals surface area contributed by atoms with Crippen LogP contribution in [0.1, 0.15) is 27.6 Å². The zero-order valence-corrected chi connectivity index (χ0v) is 11.7. The van der Waals surface area contributed by atoms with Gasteiger partial charge in [-0.15, -0.1) is 11.6 Å². The third-order valence-electron chi connectivity index (χ3n) is 3.10. The fraction of sp³-hybridized carbons (Fsp3) is 0.250. The van der Waals surface area contributed by atoms with Crippen LogP contribution in [0.4, 0.5) is 13.2 Å². The molecular weight excluding hydrogens is 285 g/mol. The summed E-state index contributed by atoms with van der Waals surface area (Å²) in [7, 11) is 0. The molecule has 0 aliphatic rings. The Morgan fingerprint density at radius 3 is 2.25 bits per heavy atom. The molecule has 0 heterocycles. The molecule has 0 aromatic heterocycles. The maximum absolute atomic E-state index is 12.5. The van der Waals surface area contributed by atoms with E-state index in [-0.39, 0.29) is 5.38 Å². The highest BCUT2D eigenvalue weighted by molar-refractivity contribution is 6.20. The van der Waals surface area contributed by atoms with Gasteiger partial charge in [0.1, 0.15) is 0 Å². The lowest BCUT2D eigenvalue weighted by atomic mass is 10.0. The molecule has 0 radical (unpaired) electrons. The van der Waals surface area contributed by atoms with Gasteiger partial charge in [0.25, 0.3) is 0 Å². The van der Waals surface area contributed by atoms with Crippen LogP contribution in [0.2, 0.25) is 0 Å². The van der Waals surface area contributed by atoms with Gasteiger partial charge in [-0.25, -0.2) is 0 Å². The van der Waals surface area contributed by atoms with Crippen LogP contribution in [0.15, 0.2) is 48.5 Å². The predicted octanol–water partition coefficient (Wildman–Crippen LogP) is 5.54. The Balaban J connectivity index is 2.10. The van der Waals surface area contributed by atoms with Crippen LogP contribution in [0.25, 0.3) is 0 Å². The highest BCUT2D eigenvalue weighted by atomic mass is 35.5. The van der Waals surface area contributed by atoms with E-state index >= 15 is 0 Å². The van der Waals surface area contributed by atoms with Crippen molar-refractivity contribution in [2.24, 2.45) is 0 Å². The lowest BCUT2D eigenvalue weighted by Gasteiger charge is -2.12. The summed E-state index contributed by atoms with van der Waals surface area (Å²) in [6, 6.07) is 13.0. The van der Waals surface area contributed by atoms with Crippen LogP contribution in [-0.2, 0) is 12.6 Å². The molecular formula is C16H14ClF3. The second-order valence-corrected chi connectivity index (χ2v) is 5.31. The monoisotopic (exact) mass is 298 g/mol. The predicted molar refractivity (Wildman–Crippen MR) is 74.9 cm³/mol. The highest BCUT2D eigenvalue weighted by Crippen LogP contribution is 2.30. The van der Waals surface area contributed by atoms with E-state index in [0.717, 1.165) is 28.8 Å². The van der Waals surface area contributed by atoms with E-state index < -0.39 is 11.7 Å². The quantitative estimate of drug-likeness (QED) is 0.653. The molecule has 0 nitrogen and oxygen atoms in total. The van der Waals surface area contributed by atoms with Crippen molar-refractivity contribution in [1.29, 1.82) is 0 Å². The van der Waals surface area contributed by atoms with Crippen LogP contribution in [0.5, 0.6) is 0 Å².